The van der Waals surface area contributed by atoms with Crippen LogP contribution < -0.4 is 14.4 Å². The third kappa shape index (κ3) is 4.50. The minimum Gasteiger partial charge on any atom is -0.493 e. The Morgan fingerprint density at radius 1 is 1.17 bits per heavy atom. The molecular weight excluding hydrogens is 375 g/mol. The number of nitrogens with zero attached hydrogens (tertiary/aromatic N) is 2. The van der Waals surface area contributed by atoms with E-state index in [4.69, 9.17) is 9.47 Å². The van der Waals surface area contributed by atoms with Gasteiger partial charge in [-0.2, -0.15) is 0 Å². The summed E-state index contributed by atoms with van der Waals surface area (Å²) in [5.41, 5.74) is 1.23. The zero-order valence-corrected chi connectivity index (χ0v) is 16.9. The molecule has 1 saturated heterocycles. The van der Waals surface area contributed by atoms with E-state index in [1.54, 1.807) is 44.4 Å². The van der Waals surface area contributed by atoms with Crippen LogP contribution in [0.4, 0.5) is 10.1 Å². The average molecular weight is 400 g/mol. The Bertz CT molecular complexity index is 902. The summed E-state index contributed by atoms with van der Waals surface area (Å²) in [6.45, 7) is 0.692. The molecule has 0 aliphatic carbocycles. The minimum atomic E-state index is -0.475. The van der Waals surface area contributed by atoms with Crippen molar-refractivity contribution < 1.29 is 23.5 Å². The maximum Gasteiger partial charge on any atom is 0.227 e. The molecule has 0 spiro atoms. The van der Waals surface area contributed by atoms with E-state index in [1.807, 2.05) is 18.2 Å². The predicted molar refractivity (Wildman–Crippen MR) is 108 cm³/mol. The number of halogens is 1. The summed E-state index contributed by atoms with van der Waals surface area (Å²) in [7, 11) is 4.88. The first-order valence-corrected chi connectivity index (χ1v) is 9.45. The number of anilines is 1. The first-order chi connectivity index (χ1) is 13.9. The number of carbonyl (C=O) groups excluding carboxylic acids is 2. The molecule has 0 radical (unpaired) electrons. The zero-order chi connectivity index (χ0) is 21.0. The second-order valence-electron chi connectivity index (χ2n) is 7.06. The van der Waals surface area contributed by atoms with E-state index < -0.39 is 11.7 Å². The average Bonchev–Trinajstić information content (AvgIpc) is 3.12. The molecule has 0 aromatic heterocycles. The number of hydrogen-bond acceptors (Lipinski definition) is 4. The molecule has 29 heavy (non-hydrogen) atoms. The van der Waals surface area contributed by atoms with Gasteiger partial charge in [-0.25, -0.2) is 4.39 Å². The fourth-order valence-corrected chi connectivity index (χ4v) is 3.53. The monoisotopic (exact) mass is 400 g/mol. The summed E-state index contributed by atoms with van der Waals surface area (Å²) in [5.74, 6) is 0.00644. The predicted octanol–water partition coefficient (Wildman–Crippen LogP) is 2.90. The van der Waals surface area contributed by atoms with Crippen molar-refractivity contribution in [1.82, 2.24) is 4.90 Å². The Balaban J connectivity index is 1.61. The van der Waals surface area contributed by atoms with Crippen LogP contribution in [0, 0.1) is 11.7 Å². The van der Waals surface area contributed by atoms with Gasteiger partial charge in [0.25, 0.3) is 0 Å². The summed E-state index contributed by atoms with van der Waals surface area (Å²) >= 11 is 0. The van der Waals surface area contributed by atoms with Crippen LogP contribution in [0.15, 0.2) is 42.5 Å². The van der Waals surface area contributed by atoms with Gasteiger partial charge in [-0.15, -0.1) is 0 Å². The van der Waals surface area contributed by atoms with Gasteiger partial charge < -0.3 is 19.3 Å². The number of likely N-dealkylation sites (N-methyl/N-ethyl adjacent to an activating group) is 1. The van der Waals surface area contributed by atoms with Gasteiger partial charge in [-0.1, -0.05) is 18.2 Å². The lowest BCUT2D eigenvalue weighted by Gasteiger charge is -2.22. The molecule has 6 nitrogen and oxygen atoms in total. The van der Waals surface area contributed by atoms with Crippen LogP contribution in [0.25, 0.3) is 0 Å². The normalized spacial score (nSPS) is 16.1. The standard InChI is InChI=1S/C22H25FN2O4/c1-24(11-10-15-8-9-19(28-2)20(12-15)29-3)22(27)16-13-21(26)25(14-16)18-7-5-4-6-17(18)23/h4-9,12,16H,10-11,13-14H2,1-3H3/t16-/m0/s1. The molecule has 2 aromatic rings. The quantitative estimate of drug-likeness (QED) is 0.717. The lowest BCUT2D eigenvalue weighted by molar-refractivity contribution is -0.134. The van der Waals surface area contributed by atoms with Crippen LogP contribution >= 0.6 is 0 Å². The lowest BCUT2D eigenvalue weighted by Crippen LogP contribution is -2.36. The van der Waals surface area contributed by atoms with Gasteiger partial charge in [0.2, 0.25) is 11.8 Å². The molecule has 7 heteroatoms. The van der Waals surface area contributed by atoms with Crippen molar-refractivity contribution in [2.75, 3.05) is 39.3 Å². The highest BCUT2D eigenvalue weighted by molar-refractivity contribution is 6.00. The molecule has 0 bridgehead atoms. The van der Waals surface area contributed by atoms with Gasteiger partial charge >= 0.3 is 0 Å². The molecule has 2 aromatic carbocycles. The molecule has 1 heterocycles. The first kappa shape index (κ1) is 20.6. The molecule has 0 unspecified atom stereocenters. The maximum absolute atomic E-state index is 14.0. The number of ether oxygens (including phenoxy) is 2. The SMILES string of the molecule is COc1ccc(CCN(C)C(=O)[C@H]2CC(=O)N(c3ccccc3F)C2)cc1OC. The molecule has 1 fully saturated rings. The third-order valence-electron chi connectivity index (χ3n) is 5.18. The molecule has 0 saturated carbocycles. The van der Waals surface area contributed by atoms with Crippen LogP contribution in [0.1, 0.15) is 12.0 Å². The fourth-order valence-electron chi connectivity index (χ4n) is 3.53. The summed E-state index contributed by atoms with van der Waals surface area (Å²) in [4.78, 5) is 28.1. The summed E-state index contributed by atoms with van der Waals surface area (Å²) in [5, 5.41) is 0. The van der Waals surface area contributed by atoms with E-state index in [0.29, 0.717) is 24.5 Å². The van der Waals surface area contributed by atoms with E-state index >= 15 is 0 Å². The van der Waals surface area contributed by atoms with Crippen LogP contribution in [0.5, 0.6) is 11.5 Å². The van der Waals surface area contributed by atoms with Crippen molar-refractivity contribution >= 4 is 17.5 Å². The van der Waals surface area contributed by atoms with Crippen molar-refractivity contribution in [2.45, 2.75) is 12.8 Å². The van der Waals surface area contributed by atoms with Gasteiger partial charge in [-0.05, 0) is 36.2 Å². The number of methoxy groups -OCH3 is 2. The Labute approximate surface area is 169 Å². The van der Waals surface area contributed by atoms with Gasteiger partial charge in [0.15, 0.2) is 11.5 Å². The Morgan fingerprint density at radius 2 is 1.90 bits per heavy atom. The van der Waals surface area contributed by atoms with Crippen molar-refractivity contribution in [3.05, 3.63) is 53.8 Å². The third-order valence-corrected chi connectivity index (χ3v) is 5.18. The van der Waals surface area contributed by atoms with Crippen LogP contribution in [0.2, 0.25) is 0 Å². The molecule has 1 aliphatic rings. The fraction of sp³-hybridized carbons (Fsp3) is 0.364. The van der Waals surface area contributed by atoms with E-state index in [0.717, 1.165) is 5.56 Å². The summed E-state index contributed by atoms with van der Waals surface area (Å²) < 4.78 is 24.6. The Hall–Kier alpha value is -3.09. The second-order valence-corrected chi connectivity index (χ2v) is 7.06. The van der Waals surface area contributed by atoms with E-state index in [2.05, 4.69) is 0 Å². The van der Waals surface area contributed by atoms with Crippen molar-refractivity contribution in [2.24, 2.45) is 5.92 Å². The number of rotatable bonds is 7. The highest BCUT2D eigenvalue weighted by Gasteiger charge is 2.37. The van der Waals surface area contributed by atoms with E-state index in [-0.39, 0.29) is 30.5 Å². The van der Waals surface area contributed by atoms with Gasteiger partial charge in [-0.3, -0.25) is 9.59 Å². The molecule has 1 atom stereocenters. The van der Waals surface area contributed by atoms with Crippen molar-refractivity contribution in [3.8, 4) is 11.5 Å². The summed E-state index contributed by atoms with van der Waals surface area (Å²) in [6, 6.07) is 11.8. The summed E-state index contributed by atoms with van der Waals surface area (Å²) in [6.07, 6.45) is 0.730. The number of benzene rings is 2. The topological polar surface area (TPSA) is 59.1 Å². The number of carbonyl (C=O) groups is 2. The molecule has 154 valence electrons. The second kappa shape index (κ2) is 8.94. The smallest absolute Gasteiger partial charge is 0.227 e. The van der Waals surface area contributed by atoms with E-state index in [9.17, 15) is 14.0 Å². The first-order valence-electron chi connectivity index (χ1n) is 9.45. The Morgan fingerprint density at radius 3 is 2.59 bits per heavy atom. The highest BCUT2D eigenvalue weighted by atomic mass is 19.1. The number of amides is 2. The largest absolute Gasteiger partial charge is 0.493 e. The van der Waals surface area contributed by atoms with Gasteiger partial charge in [0.1, 0.15) is 5.82 Å². The molecule has 3 rings (SSSR count). The van der Waals surface area contributed by atoms with Crippen LogP contribution in [-0.2, 0) is 16.0 Å². The van der Waals surface area contributed by atoms with E-state index in [1.165, 1.54) is 11.0 Å². The molecule has 0 N–H and O–H groups in total. The number of para-hydroxylation sites is 1. The molecule has 2 amide bonds. The van der Waals surface area contributed by atoms with Gasteiger partial charge in [0, 0.05) is 26.6 Å². The lowest BCUT2D eigenvalue weighted by atomic mass is 10.1. The zero-order valence-electron chi connectivity index (χ0n) is 16.9. The van der Waals surface area contributed by atoms with Crippen LogP contribution in [0.3, 0.4) is 0 Å². The highest BCUT2D eigenvalue weighted by Crippen LogP contribution is 2.29. The maximum atomic E-state index is 14.0. The van der Waals surface area contributed by atoms with Crippen LogP contribution in [-0.4, -0.2) is 51.1 Å². The molecule has 1 aliphatic heterocycles. The number of hydrogen-bond donors (Lipinski definition) is 0. The molecular formula is C22H25FN2O4. The van der Waals surface area contributed by atoms with Crippen molar-refractivity contribution in [3.63, 3.8) is 0 Å². The van der Waals surface area contributed by atoms with Gasteiger partial charge in [0.05, 0.1) is 25.8 Å². The minimum absolute atomic E-state index is 0.0911. The van der Waals surface area contributed by atoms with Crippen molar-refractivity contribution in [1.29, 1.82) is 0 Å². The Kier molecular flexibility index (Phi) is 6.36.